The third kappa shape index (κ3) is 4.81. The van der Waals surface area contributed by atoms with Crippen molar-refractivity contribution in [2.24, 2.45) is 11.8 Å². The molecule has 1 aromatic rings. The molecule has 2 atom stereocenters. The fourth-order valence-electron chi connectivity index (χ4n) is 3.19. The molecule has 116 valence electrons. The first kappa shape index (κ1) is 16.0. The number of nitrogens with one attached hydrogen (secondary N) is 1. The van der Waals surface area contributed by atoms with Gasteiger partial charge in [0.25, 0.3) is 0 Å². The summed E-state index contributed by atoms with van der Waals surface area (Å²) in [6.07, 6.45) is 6.38. The van der Waals surface area contributed by atoms with E-state index < -0.39 is 5.97 Å². The molecule has 0 bridgehead atoms. The zero-order valence-corrected chi connectivity index (χ0v) is 12.6. The molecule has 3 nitrogen and oxygen atoms in total. The van der Waals surface area contributed by atoms with Crippen LogP contribution in [0, 0.1) is 17.7 Å². The van der Waals surface area contributed by atoms with Crippen molar-refractivity contribution in [3.8, 4) is 0 Å². The second kappa shape index (κ2) is 7.55. The molecule has 1 aliphatic carbocycles. The van der Waals surface area contributed by atoms with Gasteiger partial charge in [-0.1, -0.05) is 26.2 Å². The molecule has 0 amide bonds. The summed E-state index contributed by atoms with van der Waals surface area (Å²) in [5.41, 5.74) is 0.557. The molecule has 0 saturated heterocycles. The highest BCUT2D eigenvalue weighted by molar-refractivity contribution is 5.87. The molecule has 1 aromatic carbocycles. The summed E-state index contributed by atoms with van der Waals surface area (Å²) in [6.45, 7) is 3.55. The van der Waals surface area contributed by atoms with Gasteiger partial charge in [-0.15, -0.1) is 0 Å². The molecular weight excluding hydrogens is 269 g/mol. The third-order valence-corrected chi connectivity index (χ3v) is 4.38. The van der Waals surface area contributed by atoms with Gasteiger partial charge in [-0.3, -0.25) is 0 Å². The largest absolute Gasteiger partial charge is 0.478 e. The Morgan fingerprint density at radius 1 is 1.43 bits per heavy atom. The lowest BCUT2D eigenvalue weighted by molar-refractivity contribution is 0.0696. The maximum Gasteiger partial charge on any atom is 0.335 e. The number of carboxylic acid groups (broad SMARTS) is 1. The van der Waals surface area contributed by atoms with E-state index in [4.69, 9.17) is 5.11 Å². The van der Waals surface area contributed by atoms with Crippen molar-refractivity contribution >= 4 is 5.97 Å². The Morgan fingerprint density at radius 3 is 2.95 bits per heavy atom. The van der Waals surface area contributed by atoms with Gasteiger partial charge in [-0.2, -0.15) is 0 Å². The predicted molar refractivity (Wildman–Crippen MR) is 80.8 cm³/mol. The first-order valence-corrected chi connectivity index (χ1v) is 7.78. The lowest BCUT2D eigenvalue weighted by atomic mass is 9.81. The number of benzene rings is 1. The van der Waals surface area contributed by atoms with Crippen LogP contribution in [0.25, 0.3) is 0 Å². The highest BCUT2D eigenvalue weighted by atomic mass is 19.1. The average molecular weight is 293 g/mol. The number of carbonyl (C=O) groups is 1. The van der Waals surface area contributed by atoms with E-state index in [0.29, 0.717) is 12.1 Å². The smallest absolute Gasteiger partial charge is 0.335 e. The van der Waals surface area contributed by atoms with E-state index in [1.54, 1.807) is 0 Å². The first-order chi connectivity index (χ1) is 10.1. The number of rotatable bonds is 6. The van der Waals surface area contributed by atoms with Crippen LogP contribution in [-0.2, 0) is 6.54 Å². The standard InChI is InChI=1S/C17H24FNO2/c1-12-3-2-4-13(9-12)7-8-19-11-15-10-14(17(20)21)5-6-16(15)18/h5-6,10,12-13,19H,2-4,7-9,11H2,1H3,(H,20,21). The minimum Gasteiger partial charge on any atom is -0.478 e. The van der Waals surface area contributed by atoms with E-state index in [1.807, 2.05) is 0 Å². The van der Waals surface area contributed by atoms with Gasteiger partial charge in [-0.25, -0.2) is 9.18 Å². The Labute approximate surface area is 125 Å². The summed E-state index contributed by atoms with van der Waals surface area (Å²) >= 11 is 0. The molecule has 1 aliphatic rings. The average Bonchev–Trinajstić information content (AvgIpc) is 2.45. The van der Waals surface area contributed by atoms with E-state index >= 15 is 0 Å². The minimum absolute atomic E-state index is 0.134. The number of hydrogen-bond donors (Lipinski definition) is 2. The van der Waals surface area contributed by atoms with Crippen molar-refractivity contribution in [2.75, 3.05) is 6.54 Å². The lowest BCUT2D eigenvalue weighted by Gasteiger charge is -2.26. The Kier molecular flexibility index (Phi) is 5.74. The van der Waals surface area contributed by atoms with Gasteiger partial charge < -0.3 is 10.4 Å². The van der Waals surface area contributed by atoms with Crippen LogP contribution in [0.15, 0.2) is 18.2 Å². The lowest BCUT2D eigenvalue weighted by Crippen LogP contribution is -2.21. The summed E-state index contributed by atoms with van der Waals surface area (Å²) < 4.78 is 13.6. The Bertz CT molecular complexity index is 490. The molecule has 2 N–H and O–H groups in total. The third-order valence-electron chi connectivity index (χ3n) is 4.38. The van der Waals surface area contributed by atoms with E-state index in [1.165, 1.54) is 43.9 Å². The number of aromatic carboxylic acids is 1. The normalized spacial score (nSPS) is 22.2. The van der Waals surface area contributed by atoms with Crippen LogP contribution in [-0.4, -0.2) is 17.6 Å². The number of carboxylic acids is 1. The van der Waals surface area contributed by atoms with Crippen LogP contribution in [0.1, 0.15) is 54.9 Å². The molecule has 0 spiro atoms. The molecule has 21 heavy (non-hydrogen) atoms. The van der Waals surface area contributed by atoms with Crippen molar-refractivity contribution < 1.29 is 14.3 Å². The topological polar surface area (TPSA) is 49.3 Å². The fraction of sp³-hybridized carbons (Fsp3) is 0.588. The molecule has 0 aromatic heterocycles. The molecule has 4 heteroatoms. The van der Waals surface area contributed by atoms with Gasteiger partial charge in [-0.05, 0) is 49.4 Å². The summed E-state index contributed by atoms with van der Waals surface area (Å²) in [5.74, 6) is 0.233. The summed E-state index contributed by atoms with van der Waals surface area (Å²) in [4.78, 5) is 10.9. The van der Waals surface area contributed by atoms with Gasteiger partial charge >= 0.3 is 5.97 Å². The van der Waals surface area contributed by atoms with Crippen LogP contribution >= 0.6 is 0 Å². The van der Waals surface area contributed by atoms with Crippen molar-refractivity contribution in [3.05, 3.63) is 35.1 Å². The van der Waals surface area contributed by atoms with Crippen molar-refractivity contribution in [2.45, 2.75) is 45.6 Å². The van der Waals surface area contributed by atoms with Crippen LogP contribution < -0.4 is 5.32 Å². The number of hydrogen-bond acceptors (Lipinski definition) is 2. The Balaban J connectivity index is 1.78. The predicted octanol–water partition coefficient (Wildman–Crippen LogP) is 3.83. The van der Waals surface area contributed by atoms with Gasteiger partial charge in [0, 0.05) is 12.1 Å². The summed E-state index contributed by atoms with van der Waals surface area (Å²) in [7, 11) is 0. The second-order valence-electron chi connectivity index (χ2n) is 6.21. The molecule has 2 rings (SSSR count). The zero-order valence-electron chi connectivity index (χ0n) is 12.6. The highest BCUT2D eigenvalue weighted by Gasteiger charge is 2.18. The van der Waals surface area contributed by atoms with E-state index in [2.05, 4.69) is 12.2 Å². The van der Waals surface area contributed by atoms with E-state index in [0.717, 1.165) is 24.8 Å². The molecule has 0 heterocycles. The van der Waals surface area contributed by atoms with Crippen molar-refractivity contribution in [3.63, 3.8) is 0 Å². The van der Waals surface area contributed by atoms with Gasteiger partial charge in [0.1, 0.15) is 5.82 Å². The van der Waals surface area contributed by atoms with Crippen LogP contribution in [0.2, 0.25) is 0 Å². The molecule has 1 saturated carbocycles. The first-order valence-electron chi connectivity index (χ1n) is 7.78. The minimum atomic E-state index is -1.02. The fourth-order valence-corrected chi connectivity index (χ4v) is 3.19. The highest BCUT2D eigenvalue weighted by Crippen LogP contribution is 2.30. The quantitative estimate of drug-likeness (QED) is 0.784. The van der Waals surface area contributed by atoms with Gasteiger partial charge in [0.15, 0.2) is 0 Å². The molecule has 0 radical (unpaired) electrons. The summed E-state index contributed by atoms with van der Waals surface area (Å²) in [5, 5.41) is 12.2. The van der Waals surface area contributed by atoms with Crippen LogP contribution in [0.5, 0.6) is 0 Å². The van der Waals surface area contributed by atoms with Crippen LogP contribution in [0.3, 0.4) is 0 Å². The molecule has 0 aliphatic heterocycles. The zero-order chi connectivity index (χ0) is 15.2. The van der Waals surface area contributed by atoms with Crippen molar-refractivity contribution in [1.29, 1.82) is 0 Å². The molecule has 1 fully saturated rings. The maximum absolute atomic E-state index is 13.6. The van der Waals surface area contributed by atoms with Gasteiger partial charge in [0.05, 0.1) is 5.56 Å². The SMILES string of the molecule is CC1CCCC(CCNCc2cc(C(=O)O)ccc2F)C1. The Morgan fingerprint density at radius 2 is 2.24 bits per heavy atom. The monoisotopic (exact) mass is 293 g/mol. The Hall–Kier alpha value is -1.42. The maximum atomic E-state index is 13.6. The van der Waals surface area contributed by atoms with E-state index in [-0.39, 0.29) is 11.4 Å². The molecular formula is C17H24FNO2. The second-order valence-corrected chi connectivity index (χ2v) is 6.21. The van der Waals surface area contributed by atoms with Crippen molar-refractivity contribution in [1.82, 2.24) is 5.32 Å². The van der Waals surface area contributed by atoms with E-state index in [9.17, 15) is 9.18 Å². The summed E-state index contributed by atoms with van der Waals surface area (Å²) in [6, 6.07) is 3.93. The van der Waals surface area contributed by atoms with Gasteiger partial charge in [0.2, 0.25) is 0 Å². The molecule has 2 unspecified atom stereocenters. The van der Waals surface area contributed by atoms with Crippen LogP contribution in [0.4, 0.5) is 4.39 Å². The number of halogens is 1.